The van der Waals surface area contributed by atoms with Crippen molar-refractivity contribution in [2.24, 2.45) is 0 Å². The van der Waals surface area contributed by atoms with Crippen LogP contribution in [0.1, 0.15) is 30.1 Å². The van der Waals surface area contributed by atoms with Crippen LogP contribution in [-0.4, -0.2) is 85.6 Å². The van der Waals surface area contributed by atoms with E-state index in [4.69, 9.17) is 16.3 Å². The van der Waals surface area contributed by atoms with Gasteiger partial charge in [0.05, 0.1) is 12.7 Å². The Morgan fingerprint density at radius 1 is 1.18 bits per heavy atom. The molecule has 2 heterocycles. The summed E-state index contributed by atoms with van der Waals surface area (Å²) in [5.41, 5.74) is 0.539. The fourth-order valence-electron chi connectivity index (χ4n) is 4.35. The lowest BCUT2D eigenvalue weighted by Crippen LogP contribution is -2.59. The van der Waals surface area contributed by atoms with Crippen LogP contribution in [0.5, 0.6) is 5.75 Å². The molecule has 0 unspecified atom stereocenters. The Hall–Kier alpha value is -1.99. The van der Waals surface area contributed by atoms with E-state index in [1.54, 1.807) is 32.4 Å². The van der Waals surface area contributed by atoms with E-state index in [2.05, 4.69) is 17.1 Å². The van der Waals surface area contributed by atoms with Crippen molar-refractivity contribution in [3.63, 3.8) is 0 Å². The maximum atomic E-state index is 13.0. The molecule has 2 aliphatic rings. The second-order valence-corrected chi connectivity index (χ2v) is 7.86. The monoisotopic (exact) mass is 408 g/mol. The number of nitrogens with zero attached hydrogens (tertiary/aromatic N) is 3. The fourth-order valence-corrected chi connectivity index (χ4v) is 4.52. The van der Waals surface area contributed by atoms with Gasteiger partial charge < -0.3 is 19.9 Å². The van der Waals surface area contributed by atoms with E-state index in [0.29, 0.717) is 29.4 Å². The van der Waals surface area contributed by atoms with Gasteiger partial charge >= 0.3 is 6.03 Å². The fraction of sp³-hybridized carbons (Fsp3) is 0.600. The number of hydrogen-bond donors (Lipinski definition) is 1. The molecule has 0 radical (unpaired) electrons. The van der Waals surface area contributed by atoms with Crippen molar-refractivity contribution < 1.29 is 14.3 Å². The summed E-state index contributed by atoms with van der Waals surface area (Å²) in [6.45, 7) is 6.62. The lowest BCUT2D eigenvalue weighted by molar-refractivity contribution is 0.0300. The molecule has 0 saturated carbocycles. The van der Waals surface area contributed by atoms with Gasteiger partial charge in [0.25, 0.3) is 5.91 Å². The molecular weight excluding hydrogens is 380 g/mol. The Balaban J connectivity index is 1.66. The topological polar surface area (TPSA) is 65.1 Å². The van der Waals surface area contributed by atoms with Gasteiger partial charge in [-0.15, -0.1) is 0 Å². The average molecular weight is 409 g/mol. The molecule has 154 valence electrons. The Morgan fingerprint density at radius 2 is 1.89 bits per heavy atom. The number of urea groups is 1. The number of amides is 3. The average Bonchev–Trinajstić information content (AvgIpc) is 3.18. The summed E-state index contributed by atoms with van der Waals surface area (Å²) in [5.74, 6) is 0.471. The van der Waals surface area contributed by atoms with Crippen LogP contribution in [0.25, 0.3) is 0 Å². The molecule has 1 atom stereocenters. The quantitative estimate of drug-likeness (QED) is 0.830. The highest BCUT2D eigenvalue weighted by atomic mass is 35.5. The van der Waals surface area contributed by atoms with Gasteiger partial charge in [-0.25, -0.2) is 4.79 Å². The first kappa shape index (κ1) is 20.7. The Labute approximate surface area is 171 Å². The zero-order valence-electron chi connectivity index (χ0n) is 16.8. The van der Waals surface area contributed by atoms with Crippen molar-refractivity contribution in [3.8, 4) is 5.75 Å². The van der Waals surface area contributed by atoms with Gasteiger partial charge in [0, 0.05) is 56.9 Å². The van der Waals surface area contributed by atoms with Crippen molar-refractivity contribution in [2.45, 2.75) is 25.3 Å². The third-order valence-electron chi connectivity index (χ3n) is 6.12. The number of carbonyl (C=O) groups is 2. The first-order valence-electron chi connectivity index (χ1n) is 9.78. The van der Waals surface area contributed by atoms with E-state index in [1.165, 1.54) is 0 Å². The molecule has 1 aromatic carbocycles. The Morgan fingerprint density at radius 3 is 2.50 bits per heavy atom. The van der Waals surface area contributed by atoms with E-state index < -0.39 is 0 Å². The standard InChI is InChI=1S/C20H29ClN4O3/c1-4-20(7-8-24(14-20)19(27)22-2)25-11-9-23(10-12-25)18(26)16-6-5-15(21)13-17(16)28-3/h5-6,13H,4,7-12,14H2,1-3H3,(H,22,27)/t20-/m0/s1. The molecular formula is C20H29ClN4O3. The van der Waals surface area contributed by atoms with E-state index >= 15 is 0 Å². The van der Waals surface area contributed by atoms with Gasteiger partial charge in [-0.2, -0.15) is 0 Å². The molecule has 2 aliphatic heterocycles. The van der Waals surface area contributed by atoms with Crippen LogP contribution in [0, 0.1) is 0 Å². The minimum Gasteiger partial charge on any atom is -0.496 e. The number of carbonyl (C=O) groups excluding carboxylic acids is 2. The molecule has 0 aliphatic carbocycles. The predicted molar refractivity (Wildman–Crippen MR) is 109 cm³/mol. The number of benzene rings is 1. The summed E-state index contributed by atoms with van der Waals surface area (Å²) in [4.78, 5) is 31.2. The molecule has 2 fully saturated rings. The summed E-state index contributed by atoms with van der Waals surface area (Å²) >= 11 is 6.01. The van der Waals surface area contributed by atoms with Gasteiger partial charge in [-0.05, 0) is 31.0 Å². The number of likely N-dealkylation sites (tertiary alicyclic amines) is 1. The molecule has 3 rings (SSSR count). The summed E-state index contributed by atoms with van der Waals surface area (Å²) < 4.78 is 5.33. The molecule has 28 heavy (non-hydrogen) atoms. The lowest BCUT2D eigenvalue weighted by atomic mass is 9.92. The van der Waals surface area contributed by atoms with Gasteiger partial charge in [0.2, 0.25) is 0 Å². The number of piperazine rings is 1. The van der Waals surface area contributed by atoms with Crippen LogP contribution in [-0.2, 0) is 0 Å². The van der Waals surface area contributed by atoms with Crippen LogP contribution in [0.2, 0.25) is 5.02 Å². The zero-order valence-corrected chi connectivity index (χ0v) is 17.6. The van der Waals surface area contributed by atoms with Crippen molar-refractivity contribution in [1.82, 2.24) is 20.0 Å². The Bertz CT molecular complexity index is 736. The van der Waals surface area contributed by atoms with Crippen molar-refractivity contribution in [3.05, 3.63) is 28.8 Å². The molecule has 2 saturated heterocycles. The summed E-state index contributed by atoms with van der Waals surface area (Å²) in [5, 5.41) is 3.27. The summed E-state index contributed by atoms with van der Waals surface area (Å²) in [6.07, 6.45) is 1.95. The van der Waals surface area contributed by atoms with Crippen molar-refractivity contribution in [2.75, 3.05) is 53.4 Å². The van der Waals surface area contributed by atoms with Gasteiger partial charge in [0.15, 0.2) is 0 Å². The molecule has 7 nitrogen and oxygen atoms in total. The van der Waals surface area contributed by atoms with Crippen molar-refractivity contribution in [1.29, 1.82) is 0 Å². The summed E-state index contributed by atoms with van der Waals surface area (Å²) in [6, 6.07) is 5.09. The molecule has 0 aromatic heterocycles. The van der Waals surface area contributed by atoms with Crippen LogP contribution >= 0.6 is 11.6 Å². The van der Waals surface area contributed by atoms with Crippen molar-refractivity contribution >= 4 is 23.5 Å². The van der Waals surface area contributed by atoms with Crippen LogP contribution in [0.15, 0.2) is 18.2 Å². The maximum Gasteiger partial charge on any atom is 0.317 e. The molecule has 1 aromatic rings. The number of ether oxygens (including phenoxy) is 1. The number of nitrogens with one attached hydrogen (secondary N) is 1. The van der Waals surface area contributed by atoms with Gasteiger partial charge in [0.1, 0.15) is 5.75 Å². The van der Waals surface area contributed by atoms with Crippen LogP contribution in [0.3, 0.4) is 0 Å². The SMILES string of the molecule is CC[C@]1(N2CCN(C(=O)c3ccc(Cl)cc3OC)CC2)CCN(C(=O)NC)C1. The first-order valence-corrected chi connectivity index (χ1v) is 10.2. The highest BCUT2D eigenvalue weighted by Crippen LogP contribution is 2.33. The normalized spacial score (nSPS) is 23.0. The van der Waals surface area contributed by atoms with E-state index in [9.17, 15) is 9.59 Å². The first-order chi connectivity index (χ1) is 13.4. The number of rotatable bonds is 4. The van der Waals surface area contributed by atoms with Crippen LogP contribution < -0.4 is 10.1 Å². The highest BCUT2D eigenvalue weighted by Gasteiger charge is 2.44. The minimum atomic E-state index is -0.0304. The largest absolute Gasteiger partial charge is 0.496 e. The summed E-state index contributed by atoms with van der Waals surface area (Å²) in [7, 11) is 3.22. The second kappa shape index (κ2) is 8.57. The van der Waals surface area contributed by atoms with E-state index in [-0.39, 0.29) is 17.5 Å². The molecule has 1 N–H and O–H groups in total. The molecule has 3 amide bonds. The van der Waals surface area contributed by atoms with E-state index in [0.717, 1.165) is 39.0 Å². The zero-order chi connectivity index (χ0) is 20.3. The molecule has 0 bridgehead atoms. The lowest BCUT2D eigenvalue weighted by Gasteiger charge is -2.45. The molecule has 0 spiro atoms. The second-order valence-electron chi connectivity index (χ2n) is 7.43. The highest BCUT2D eigenvalue weighted by molar-refractivity contribution is 6.30. The van der Waals surface area contributed by atoms with E-state index in [1.807, 2.05) is 9.80 Å². The number of hydrogen-bond acceptors (Lipinski definition) is 4. The number of methoxy groups -OCH3 is 1. The third-order valence-corrected chi connectivity index (χ3v) is 6.36. The Kier molecular flexibility index (Phi) is 6.35. The predicted octanol–water partition coefficient (Wildman–Crippen LogP) is 2.30. The molecule has 8 heteroatoms. The number of halogens is 1. The van der Waals surface area contributed by atoms with Crippen LogP contribution in [0.4, 0.5) is 4.79 Å². The van der Waals surface area contributed by atoms with Gasteiger partial charge in [-0.3, -0.25) is 9.69 Å². The van der Waals surface area contributed by atoms with Gasteiger partial charge in [-0.1, -0.05) is 18.5 Å². The smallest absolute Gasteiger partial charge is 0.317 e. The third kappa shape index (κ3) is 3.91. The minimum absolute atomic E-state index is 0.000387. The maximum absolute atomic E-state index is 13.0.